The van der Waals surface area contributed by atoms with Crippen LogP contribution in [-0.4, -0.2) is 24.6 Å². The monoisotopic (exact) mass is 326 g/mol. The number of hydrogen-bond acceptors (Lipinski definition) is 4. The van der Waals surface area contributed by atoms with Gasteiger partial charge in [-0.05, 0) is 47.5 Å². The number of fused-ring (bicyclic) bond motifs is 2. The molecule has 1 aromatic heterocycles. The summed E-state index contributed by atoms with van der Waals surface area (Å²) >= 11 is 5.68. The van der Waals surface area contributed by atoms with Crippen molar-refractivity contribution < 1.29 is 9.47 Å². The summed E-state index contributed by atoms with van der Waals surface area (Å²) < 4.78 is 11.2. The Labute approximate surface area is 139 Å². The van der Waals surface area contributed by atoms with Crippen molar-refractivity contribution in [3.05, 3.63) is 42.1 Å². The molecule has 0 saturated carbocycles. The van der Waals surface area contributed by atoms with Gasteiger partial charge in [0.15, 0.2) is 11.5 Å². The Kier molecular flexibility index (Phi) is 4.50. The topological polar surface area (TPSA) is 55.1 Å². The van der Waals surface area contributed by atoms with Gasteiger partial charge in [-0.2, -0.15) is 5.26 Å². The molecule has 116 valence electrons. The molecule has 0 aliphatic heterocycles. The van der Waals surface area contributed by atoms with Crippen molar-refractivity contribution in [3.63, 3.8) is 0 Å². The number of halogens is 1. The largest absolute Gasteiger partial charge is 0.493 e. The number of methoxy groups -OCH3 is 1. The molecule has 5 heteroatoms. The first-order chi connectivity index (χ1) is 11.2. The highest BCUT2D eigenvalue weighted by molar-refractivity contribution is 6.17. The van der Waals surface area contributed by atoms with Crippen molar-refractivity contribution in [2.75, 3.05) is 19.6 Å². The molecule has 0 N–H and O–H groups in total. The van der Waals surface area contributed by atoms with Gasteiger partial charge in [0.1, 0.15) is 6.07 Å². The van der Waals surface area contributed by atoms with E-state index in [1.807, 2.05) is 30.3 Å². The van der Waals surface area contributed by atoms with Gasteiger partial charge in [-0.1, -0.05) is 0 Å². The fourth-order valence-electron chi connectivity index (χ4n) is 2.45. The number of hydrogen-bond donors (Lipinski definition) is 0. The van der Waals surface area contributed by atoms with Crippen molar-refractivity contribution in [2.24, 2.45) is 0 Å². The van der Waals surface area contributed by atoms with E-state index in [0.29, 0.717) is 29.5 Å². The van der Waals surface area contributed by atoms with Gasteiger partial charge in [-0.3, -0.25) is 4.98 Å². The van der Waals surface area contributed by atoms with Gasteiger partial charge < -0.3 is 9.47 Å². The Morgan fingerprint density at radius 3 is 2.61 bits per heavy atom. The van der Waals surface area contributed by atoms with Crippen molar-refractivity contribution in [2.45, 2.75) is 6.42 Å². The lowest BCUT2D eigenvalue weighted by Gasteiger charge is -2.12. The van der Waals surface area contributed by atoms with Gasteiger partial charge in [0.25, 0.3) is 0 Å². The van der Waals surface area contributed by atoms with E-state index in [1.165, 1.54) is 0 Å². The molecule has 2 aromatic carbocycles. The van der Waals surface area contributed by atoms with E-state index in [4.69, 9.17) is 26.3 Å². The van der Waals surface area contributed by atoms with E-state index in [0.717, 1.165) is 28.1 Å². The zero-order valence-corrected chi connectivity index (χ0v) is 13.4. The number of nitrogens with zero attached hydrogens (tertiary/aromatic N) is 2. The van der Waals surface area contributed by atoms with E-state index in [9.17, 15) is 0 Å². The number of nitriles is 1. The van der Waals surface area contributed by atoms with Crippen LogP contribution in [0, 0.1) is 11.3 Å². The number of pyridine rings is 1. The third kappa shape index (κ3) is 3.15. The molecule has 0 spiro atoms. The van der Waals surface area contributed by atoms with Crippen LogP contribution in [0.1, 0.15) is 12.0 Å². The third-order valence-electron chi connectivity index (χ3n) is 3.59. The standard InChI is InChI=1S/C18H15ClN2O2/c1-22-17-8-13-6-15-5-12(10-20)11-21-16(15)7-14(13)9-18(17)23-4-2-3-19/h5-9,11H,2-4H2,1H3. The second-order valence-electron chi connectivity index (χ2n) is 5.12. The van der Waals surface area contributed by atoms with Crippen LogP contribution in [-0.2, 0) is 0 Å². The molecule has 0 amide bonds. The fraction of sp³-hybridized carbons (Fsp3) is 0.222. The van der Waals surface area contributed by atoms with Gasteiger partial charge in [0, 0.05) is 17.5 Å². The molecular formula is C18H15ClN2O2. The van der Waals surface area contributed by atoms with E-state index < -0.39 is 0 Å². The van der Waals surface area contributed by atoms with E-state index in [2.05, 4.69) is 11.1 Å². The number of rotatable bonds is 5. The molecule has 0 fully saturated rings. The fourth-order valence-corrected chi connectivity index (χ4v) is 2.56. The average Bonchev–Trinajstić information content (AvgIpc) is 2.59. The van der Waals surface area contributed by atoms with Gasteiger partial charge in [0.05, 0.1) is 24.8 Å². The van der Waals surface area contributed by atoms with Crippen LogP contribution in [0.5, 0.6) is 11.5 Å². The zero-order chi connectivity index (χ0) is 16.2. The second kappa shape index (κ2) is 6.72. The molecule has 0 unspecified atom stereocenters. The highest BCUT2D eigenvalue weighted by Crippen LogP contribution is 2.34. The van der Waals surface area contributed by atoms with Crippen LogP contribution < -0.4 is 9.47 Å². The summed E-state index contributed by atoms with van der Waals surface area (Å²) in [6.45, 7) is 0.544. The highest BCUT2D eigenvalue weighted by atomic mass is 35.5. The van der Waals surface area contributed by atoms with Gasteiger partial charge in [0.2, 0.25) is 0 Å². The quantitative estimate of drug-likeness (QED) is 0.399. The lowest BCUT2D eigenvalue weighted by atomic mass is 10.0. The number of alkyl halides is 1. The summed E-state index contributed by atoms with van der Waals surface area (Å²) in [4.78, 5) is 4.34. The molecule has 3 aromatic rings. The van der Waals surface area contributed by atoms with Crippen LogP contribution in [0.4, 0.5) is 0 Å². The third-order valence-corrected chi connectivity index (χ3v) is 3.85. The second-order valence-corrected chi connectivity index (χ2v) is 5.50. The van der Waals surface area contributed by atoms with Crippen molar-refractivity contribution >= 4 is 33.3 Å². The van der Waals surface area contributed by atoms with Crippen LogP contribution in [0.25, 0.3) is 21.7 Å². The van der Waals surface area contributed by atoms with Crippen LogP contribution in [0.3, 0.4) is 0 Å². The van der Waals surface area contributed by atoms with Crippen molar-refractivity contribution in [1.29, 1.82) is 5.26 Å². The van der Waals surface area contributed by atoms with Crippen LogP contribution in [0.2, 0.25) is 0 Å². The Hall–Kier alpha value is -2.51. The van der Waals surface area contributed by atoms with Crippen molar-refractivity contribution in [1.82, 2.24) is 4.98 Å². The molecule has 23 heavy (non-hydrogen) atoms. The average molecular weight is 327 g/mol. The SMILES string of the molecule is COc1cc2cc3cc(C#N)cnc3cc2cc1OCCCCl. The minimum absolute atomic E-state index is 0.544. The van der Waals surface area contributed by atoms with E-state index in [-0.39, 0.29) is 0 Å². The predicted molar refractivity (Wildman–Crippen MR) is 91.3 cm³/mol. The maximum absolute atomic E-state index is 9.00. The maximum Gasteiger partial charge on any atom is 0.161 e. The Morgan fingerprint density at radius 2 is 1.87 bits per heavy atom. The minimum atomic E-state index is 0.544. The lowest BCUT2D eigenvalue weighted by Crippen LogP contribution is -2.00. The number of ether oxygens (including phenoxy) is 2. The molecule has 4 nitrogen and oxygen atoms in total. The van der Waals surface area contributed by atoms with Crippen LogP contribution in [0.15, 0.2) is 36.5 Å². The highest BCUT2D eigenvalue weighted by Gasteiger charge is 2.09. The lowest BCUT2D eigenvalue weighted by molar-refractivity contribution is 0.295. The first-order valence-electron chi connectivity index (χ1n) is 7.25. The summed E-state index contributed by atoms with van der Waals surface area (Å²) in [6.07, 6.45) is 2.36. The molecule has 0 saturated heterocycles. The Balaban J connectivity index is 2.11. The smallest absolute Gasteiger partial charge is 0.161 e. The van der Waals surface area contributed by atoms with Crippen LogP contribution >= 0.6 is 11.6 Å². The summed E-state index contributed by atoms with van der Waals surface area (Å²) in [7, 11) is 1.62. The summed E-state index contributed by atoms with van der Waals surface area (Å²) in [5.41, 5.74) is 1.39. The molecule has 0 aliphatic rings. The van der Waals surface area contributed by atoms with E-state index >= 15 is 0 Å². The summed E-state index contributed by atoms with van der Waals surface area (Å²) in [5.74, 6) is 1.93. The molecule has 0 aliphatic carbocycles. The summed E-state index contributed by atoms with van der Waals surface area (Å²) in [5, 5.41) is 11.9. The molecule has 3 rings (SSSR count). The number of benzene rings is 2. The number of aromatic nitrogens is 1. The zero-order valence-electron chi connectivity index (χ0n) is 12.7. The van der Waals surface area contributed by atoms with E-state index in [1.54, 1.807) is 13.3 Å². The van der Waals surface area contributed by atoms with Crippen molar-refractivity contribution in [3.8, 4) is 17.6 Å². The van der Waals surface area contributed by atoms with Gasteiger partial charge in [-0.15, -0.1) is 11.6 Å². The van der Waals surface area contributed by atoms with Gasteiger partial charge in [-0.25, -0.2) is 0 Å². The Bertz CT molecular complexity index is 903. The first kappa shape index (κ1) is 15.4. The molecule has 1 heterocycles. The normalized spacial score (nSPS) is 10.7. The molecular weight excluding hydrogens is 312 g/mol. The maximum atomic E-state index is 9.00. The molecule has 0 atom stereocenters. The summed E-state index contributed by atoms with van der Waals surface area (Å²) in [6, 6.07) is 11.8. The minimum Gasteiger partial charge on any atom is -0.493 e. The molecule has 0 bridgehead atoms. The Morgan fingerprint density at radius 1 is 1.09 bits per heavy atom. The first-order valence-corrected chi connectivity index (χ1v) is 7.79. The van der Waals surface area contributed by atoms with Gasteiger partial charge >= 0.3 is 0 Å². The predicted octanol–water partition coefficient (Wildman–Crippen LogP) is 4.28. The molecule has 0 radical (unpaired) electrons.